The maximum atomic E-state index is 12.5. The van der Waals surface area contributed by atoms with Crippen LogP contribution in [0.4, 0.5) is 0 Å². The van der Waals surface area contributed by atoms with Crippen molar-refractivity contribution in [3.8, 4) is 0 Å². The normalized spacial score (nSPS) is 19.9. The molecule has 0 bridgehead atoms. The quantitative estimate of drug-likeness (QED) is 0.804. The van der Waals surface area contributed by atoms with E-state index in [1.807, 2.05) is 13.8 Å². The summed E-state index contributed by atoms with van der Waals surface area (Å²) in [7, 11) is 1.54. The molecule has 0 spiro atoms. The van der Waals surface area contributed by atoms with Gasteiger partial charge in [-0.05, 0) is 32.3 Å². The molecule has 1 aromatic rings. The van der Waals surface area contributed by atoms with Crippen LogP contribution in [-0.2, 0) is 9.05 Å². The van der Waals surface area contributed by atoms with E-state index in [0.717, 1.165) is 6.42 Å². The largest absolute Gasteiger partial charge is 0.340 e. The van der Waals surface area contributed by atoms with Crippen molar-refractivity contribution in [2.24, 2.45) is 5.92 Å². The number of likely N-dealkylation sites (tertiary alicyclic amines) is 1. The van der Waals surface area contributed by atoms with E-state index >= 15 is 0 Å². The monoisotopic (exact) mass is 318 g/mol. The van der Waals surface area contributed by atoms with Crippen molar-refractivity contribution < 1.29 is 13.2 Å². The number of rotatable bonds is 3. The Labute approximate surface area is 123 Å². The molecule has 20 heavy (non-hydrogen) atoms. The Hall–Kier alpha value is -1.01. The van der Waals surface area contributed by atoms with Gasteiger partial charge in [-0.3, -0.25) is 4.79 Å². The van der Waals surface area contributed by atoms with E-state index < -0.39 is 9.05 Å². The highest BCUT2D eigenvalue weighted by Crippen LogP contribution is 2.25. The fourth-order valence-electron chi connectivity index (χ4n) is 2.47. The number of aromatic nitrogens is 1. The molecule has 1 fully saturated rings. The maximum absolute atomic E-state index is 12.5. The van der Waals surface area contributed by atoms with Crippen molar-refractivity contribution in [2.45, 2.75) is 38.1 Å². The number of hydrogen-bond acceptors (Lipinski definition) is 3. The van der Waals surface area contributed by atoms with E-state index in [1.54, 1.807) is 9.47 Å². The van der Waals surface area contributed by atoms with Crippen LogP contribution in [0.15, 0.2) is 17.2 Å². The average Bonchev–Trinajstić information content (AvgIpc) is 2.92. The molecule has 112 valence electrons. The molecule has 7 heteroatoms. The van der Waals surface area contributed by atoms with Crippen LogP contribution in [0.3, 0.4) is 0 Å². The number of halogens is 1. The van der Waals surface area contributed by atoms with Gasteiger partial charge < -0.3 is 9.47 Å². The maximum Gasteiger partial charge on any atom is 0.270 e. The molecule has 0 aromatic carbocycles. The van der Waals surface area contributed by atoms with Gasteiger partial charge in [0.2, 0.25) is 0 Å². The third kappa shape index (κ3) is 3.01. The molecule has 5 nitrogen and oxygen atoms in total. The van der Waals surface area contributed by atoms with Crippen molar-refractivity contribution in [3.63, 3.8) is 0 Å². The summed E-state index contributed by atoms with van der Waals surface area (Å²) < 4.78 is 24.6. The highest BCUT2D eigenvalue weighted by molar-refractivity contribution is 8.13. The second-order valence-electron chi connectivity index (χ2n) is 5.64. The standard InChI is InChI=1S/C13H19ClN2O3S/c1-9(2)16-8-11(20(14,18)19)6-12(16)13(17)15-5-4-10(3)7-15/h6,8-10H,4-5,7H2,1-3H3. The van der Waals surface area contributed by atoms with E-state index in [1.165, 1.54) is 12.3 Å². The van der Waals surface area contributed by atoms with Crippen LogP contribution in [-0.4, -0.2) is 36.9 Å². The van der Waals surface area contributed by atoms with Gasteiger partial charge in [0.05, 0.1) is 0 Å². The lowest BCUT2D eigenvalue weighted by Crippen LogP contribution is -2.30. The molecule has 1 unspecified atom stereocenters. The number of hydrogen-bond donors (Lipinski definition) is 0. The average molecular weight is 319 g/mol. The third-order valence-corrected chi connectivity index (χ3v) is 4.91. The lowest BCUT2D eigenvalue weighted by atomic mass is 10.2. The molecule has 0 saturated carbocycles. The van der Waals surface area contributed by atoms with E-state index in [9.17, 15) is 13.2 Å². The zero-order chi connectivity index (χ0) is 15.1. The van der Waals surface area contributed by atoms with E-state index in [2.05, 4.69) is 6.92 Å². The Kier molecular flexibility index (Phi) is 4.16. The summed E-state index contributed by atoms with van der Waals surface area (Å²) in [5.41, 5.74) is 0.383. The molecule has 2 heterocycles. The summed E-state index contributed by atoms with van der Waals surface area (Å²) in [6.07, 6.45) is 2.41. The molecule has 1 amide bonds. The number of carbonyl (C=O) groups excluding carboxylic acids is 1. The van der Waals surface area contributed by atoms with Gasteiger partial charge in [-0.25, -0.2) is 8.42 Å². The first-order valence-electron chi connectivity index (χ1n) is 6.66. The van der Waals surface area contributed by atoms with Gasteiger partial charge in [-0.2, -0.15) is 0 Å². The van der Waals surface area contributed by atoms with Crippen LogP contribution in [0.25, 0.3) is 0 Å². The summed E-state index contributed by atoms with van der Waals surface area (Å²) >= 11 is 0. The van der Waals surface area contributed by atoms with Gasteiger partial charge in [0.1, 0.15) is 10.6 Å². The fourth-order valence-corrected chi connectivity index (χ4v) is 3.21. The Morgan fingerprint density at radius 1 is 1.45 bits per heavy atom. The van der Waals surface area contributed by atoms with Crippen LogP contribution in [0.2, 0.25) is 0 Å². The topological polar surface area (TPSA) is 59.4 Å². The van der Waals surface area contributed by atoms with Gasteiger partial charge in [0.25, 0.3) is 15.0 Å². The Bertz CT molecular complexity index is 622. The Balaban J connectivity index is 2.39. The van der Waals surface area contributed by atoms with Crippen LogP contribution >= 0.6 is 10.7 Å². The van der Waals surface area contributed by atoms with Crippen molar-refractivity contribution in [1.82, 2.24) is 9.47 Å². The molecule has 0 radical (unpaired) electrons. The number of nitrogens with zero attached hydrogens (tertiary/aromatic N) is 2. The summed E-state index contributed by atoms with van der Waals surface area (Å²) in [4.78, 5) is 14.3. The second-order valence-corrected chi connectivity index (χ2v) is 8.21. The van der Waals surface area contributed by atoms with Crippen molar-refractivity contribution in [2.75, 3.05) is 13.1 Å². The molecule has 1 aliphatic heterocycles. The minimum Gasteiger partial charge on any atom is -0.340 e. The first-order chi connectivity index (χ1) is 9.20. The van der Waals surface area contributed by atoms with Gasteiger partial charge in [-0.15, -0.1) is 0 Å². The van der Waals surface area contributed by atoms with Crippen LogP contribution in [0, 0.1) is 5.92 Å². The molecular formula is C13H19ClN2O3S. The first-order valence-corrected chi connectivity index (χ1v) is 8.97. The minimum absolute atomic E-state index is 0.0128. The first kappa shape index (κ1) is 15.4. The lowest BCUT2D eigenvalue weighted by molar-refractivity contribution is 0.0775. The Morgan fingerprint density at radius 3 is 2.55 bits per heavy atom. The molecule has 1 saturated heterocycles. The van der Waals surface area contributed by atoms with Crippen LogP contribution in [0.1, 0.15) is 43.7 Å². The van der Waals surface area contributed by atoms with Gasteiger partial charge in [0.15, 0.2) is 0 Å². The van der Waals surface area contributed by atoms with E-state index in [-0.39, 0.29) is 16.8 Å². The number of carbonyl (C=O) groups is 1. The number of amides is 1. The molecule has 1 aliphatic rings. The lowest BCUT2D eigenvalue weighted by Gasteiger charge is -2.19. The Morgan fingerprint density at radius 2 is 2.10 bits per heavy atom. The molecule has 0 N–H and O–H groups in total. The van der Waals surface area contributed by atoms with Gasteiger partial charge in [-0.1, -0.05) is 6.92 Å². The summed E-state index contributed by atoms with van der Waals surface area (Å²) in [6, 6.07) is 1.36. The molecular weight excluding hydrogens is 300 g/mol. The minimum atomic E-state index is -3.83. The van der Waals surface area contributed by atoms with E-state index in [0.29, 0.717) is 24.7 Å². The zero-order valence-corrected chi connectivity index (χ0v) is 13.4. The summed E-state index contributed by atoms with van der Waals surface area (Å²) in [5, 5.41) is 0. The molecule has 1 aromatic heterocycles. The predicted molar refractivity (Wildman–Crippen MR) is 77.5 cm³/mol. The zero-order valence-electron chi connectivity index (χ0n) is 11.8. The van der Waals surface area contributed by atoms with Crippen molar-refractivity contribution in [1.29, 1.82) is 0 Å². The van der Waals surface area contributed by atoms with Crippen LogP contribution in [0.5, 0.6) is 0 Å². The van der Waals surface area contributed by atoms with E-state index in [4.69, 9.17) is 10.7 Å². The molecule has 1 atom stereocenters. The highest BCUT2D eigenvalue weighted by Gasteiger charge is 2.28. The fraction of sp³-hybridized carbons (Fsp3) is 0.615. The summed E-state index contributed by atoms with van der Waals surface area (Å²) in [5.74, 6) is 0.354. The van der Waals surface area contributed by atoms with Crippen LogP contribution < -0.4 is 0 Å². The molecule has 0 aliphatic carbocycles. The SMILES string of the molecule is CC1CCN(C(=O)c2cc(S(=O)(=O)Cl)cn2C(C)C)C1. The van der Waals surface area contributed by atoms with Gasteiger partial charge in [0, 0.05) is 36.0 Å². The second kappa shape index (κ2) is 5.41. The highest BCUT2D eigenvalue weighted by atomic mass is 35.7. The van der Waals surface area contributed by atoms with Gasteiger partial charge >= 0.3 is 0 Å². The molecule has 2 rings (SSSR count). The summed E-state index contributed by atoms with van der Waals surface area (Å²) in [6.45, 7) is 7.32. The third-order valence-electron chi connectivity index (χ3n) is 3.59. The van der Waals surface area contributed by atoms with Crippen molar-refractivity contribution in [3.05, 3.63) is 18.0 Å². The predicted octanol–water partition coefficient (Wildman–Crippen LogP) is 2.48. The van der Waals surface area contributed by atoms with Crippen molar-refractivity contribution >= 4 is 25.6 Å². The smallest absolute Gasteiger partial charge is 0.270 e.